The summed E-state index contributed by atoms with van der Waals surface area (Å²) in [6.45, 7) is 0. The largest absolute Gasteiger partial charge is 0.393 e. The average molecular weight is 232 g/mol. The van der Waals surface area contributed by atoms with Crippen LogP contribution in [0.5, 0.6) is 0 Å². The molecule has 0 radical (unpaired) electrons. The molecule has 0 heterocycles. The van der Waals surface area contributed by atoms with Gasteiger partial charge in [0.25, 0.3) is 0 Å². The van der Waals surface area contributed by atoms with Gasteiger partial charge in [-0.3, -0.25) is 0 Å². The van der Waals surface area contributed by atoms with Crippen molar-refractivity contribution in [2.45, 2.75) is 0 Å². The van der Waals surface area contributed by atoms with E-state index in [1.165, 1.54) is 6.07 Å². The highest BCUT2D eigenvalue weighted by molar-refractivity contribution is 8.07. The molecule has 4 heteroatoms. The summed E-state index contributed by atoms with van der Waals surface area (Å²) in [5.41, 5.74) is 0.915. The van der Waals surface area contributed by atoms with Gasteiger partial charge in [0.2, 0.25) is 0 Å². The van der Waals surface area contributed by atoms with Crippen LogP contribution in [0.2, 0.25) is 5.02 Å². The summed E-state index contributed by atoms with van der Waals surface area (Å²) < 4.78 is 12.9. The molecule has 1 nitrogen and oxygen atoms in total. The molecule has 0 atom stereocenters. The summed E-state index contributed by atoms with van der Waals surface area (Å²) in [7, 11) is 1.82. The van der Waals surface area contributed by atoms with Crippen molar-refractivity contribution in [2.75, 3.05) is 13.3 Å². The monoisotopic (exact) mass is 231 g/mol. The Hall–Kier alpha value is -0.670. The highest BCUT2D eigenvalue weighted by atomic mass is 35.5. The van der Waals surface area contributed by atoms with E-state index in [-0.39, 0.29) is 10.8 Å². The molecule has 0 fully saturated rings. The molecule has 0 aliphatic heterocycles. The molecule has 1 N–H and O–H groups in total. The highest BCUT2D eigenvalue weighted by Crippen LogP contribution is 2.27. The Kier molecular flexibility index (Phi) is 4.29. The van der Waals surface area contributed by atoms with E-state index in [1.807, 2.05) is 19.5 Å². The fourth-order valence-electron chi connectivity index (χ4n) is 1.04. The lowest BCUT2D eigenvalue weighted by Gasteiger charge is -2.05. The van der Waals surface area contributed by atoms with E-state index in [4.69, 9.17) is 11.6 Å². The number of hydrogen-bond acceptors (Lipinski definition) is 2. The van der Waals surface area contributed by atoms with E-state index in [1.54, 1.807) is 23.9 Å². The van der Waals surface area contributed by atoms with Crippen molar-refractivity contribution < 1.29 is 4.39 Å². The lowest BCUT2D eigenvalue weighted by atomic mass is 10.2. The standard InChI is InChI=1S/C10H11ClFNS/c1-13-6-10(14-2)7-3-4-9(12)8(11)5-7/h3-6,13H,1-2H3/b10-6-. The van der Waals surface area contributed by atoms with Crippen LogP contribution in [-0.2, 0) is 0 Å². The van der Waals surface area contributed by atoms with E-state index in [9.17, 15) is 4.39 Å². The Morgan fingerprint density at radius 1 is 1.57 bits per heavy atom. The van der Waals surface area contributed by atoms with Gasteiger partial charge in [0.05, 0.1) is 5.02 Å². The number of halogens is 2. The smallest absolute Gasteiger partial charge is 0.141 e. The van der Waals surface area contributed by atoms with Crippen molar-refractivity contribution >= 4 is 28.3 Å². The minimum atomic E-state index is -0.389. The van der Waals surface area contributed by atoms with Crippen LogP contribution in [0.4, 0.5) is 4.39 Å². The quantitative estimate of drug-likeness (QED) is 0.856. The molecular weight excluding hydrogens is 221 g/mol. The zero-order valence-electron chi connectivity index (χ0n) is 7.97. The molecule has 76 valence electrons. The van der Waals surface area contributed by atoms with Crippen molar-refractivity contribution in [2.24, 2.45) is 0 Å². The van der Waals surface area contributed by atoms with Crippen molar-refractivity contribution in [1.29, 1.82) is 0 Å². The molecule has 14 heavy (non-hydrogen) atoms. The van der Waals surface area contributed by atoms with Crippen molar-refractivity contribution in [3.63, 3.8) is 0 Å². The zero-order valence-corrected chi connectivity index (χ0v) is 9.55. The van der Waals surface area contributed by atoms with Crippen LogP contribution >= 0.6 is 23.4 Å². The molecular formula is C10H11ClFNS. The predicted molar refractivity (Wildman–Crippen MR) is 62.0 cm³/mol. The summed E-state index contributed by atoms with van der Waals surface area (Å²) in [6, 6.07) is 4.70. The van der Waals surface area contributed by atoms with E-state index >= 15 is 0 Å². The molecule has 0 unspecified atom stereocenters. The topological polar surface area (TPSA) is 12.0 Å². The second-order valence-electron chi connectivity index (χ2n) is 2.63. The Morgan fingerprint density at radius 3 is 2.79 bits per heavy atom. The van der Waals surface area contributed by atoms with Crippen LogP contribution in [0.15, 0.2) is 24.4 Å². The van der Waals surface area contributed by atoms with Gasteiger partial charge in [0.1, 0.15) is 5.82 Å². The third kappa shape index (κ3) is 2.66. The van der Waals surface area contributed by atoms with Crippen LogP contribution in [0.3, 0.4) is 0 Å². The number of thioether (sulfide) groups is 1. The highest BCUT2D eigenvalue weighted by Gasteiger charge is 2.04. The second kappa shape index (κ2) is 5.27. The van der Waals surface area contributed by atoms with Gasteiger partial charge in [0, 0.05) is 18.2 Å². The first-order valence-electron chi connectivity index (χ1n) is 4.06. The second-order valence-corrected chi connectivity index (χ2v) is 3.89. The fraction of sp³-hybridized carbons (Fsp3) is 0.200. The molecule has 1 aromatic rings. The molecule has 0 saturated carbocycles. The Morgan fingerprint density at radius 2 is 2.29 bits per heavy atom. The molecule has 0 bridgehead atoms. The minimum Gasteiger partial charge on any atom is -0.393 e. The normalized spacial score (nSPS) is 11.6. The van der Waals surface area contributed by atoms with Crippen LogP contribution < -0.4 is 5.32 Å². The molecule has 0 amide bonds. The van der Waals surface area contributed by atoms with Gasteiger partial charge in [0.15, 0.2) is 0 Å². The maximum Gasteiger partial charge on any atom is 0.141 e. The average Bonchev–Trinajstić information content (AvgIpc) is 2.19. The lowest BCUT2D eigenvalue weighted by Crippen LogP contribution is -1.94. The van der Waals surface area contributed by atoms with Gasteiger partial charge in [-0.15, -0.1) is 11.8 Å². The first-order valence-corrected chi connectivity index (χ1v) is 5.66. The third-order valence-corrected chi connectivity index (χ3v) is 2.78. The van der Waals surface area contributed by atoms with Crippen LogP contribution in [0.25, 0.3) is 4.91 Å². The van der Waals surface area contributed by atoms with Crippen molar-refractivity contribution in [3.8, 4) is 0 Å². The zero-order chi connectivity index (χ0) is 10.6. The van der Waals surface area contributed by atoms with Gasteiger partial charge in [-0.25, -0.2) is 4.39 Å². The summed E-state index contributed by atoms with van der Waals surface area (Å²) in [5, 5.41) is 3.08. The summed E-state index contributed by atoms with van der Waals surface area (Å²) in [5.74, 6) is -0.389. The maximum absolute atomic E-state index is 12.9. The van der Waals surface area contributed by atoms with Gasteiger partial charge < -0.3 is 5.32 Å². The fourth-order valence-corrected chi connectivity index (χ4v) is 1.82. The summed E-state index contributed by atoms with van der Waals surface area (Å²) in [4.78, 5) is 1.02. The molecule has 1 rings (SSSR count). The number of hydrogen-bond donors (Lipinski definition) is 1. The molecule has 1 aromatic carbocycles. The van der Waals surface area contributed by atoms with Gasteiger partial charge >= 0.3 is 0 Å². The Bertz CT molecular complexity index is 352. The van der Waals surface area contributed by atoms with E-state index in [0.29, 0.717) is 0 Å². The molecule has 0 aromatic heterocycles. The van der Waals surface area contributed by atoms with Crippen LogP contribution in [0.1, 0.15) is 5.56 Å². The van der Waals surface area contributed by atoms with Crippen LogP contribution in [0, 0.1) is 5.82 Å². The maximum atomic E-state index is 12.9. The first kappa shape index (κ1) is 11.4. The van der Waals surface area contributed by atoms with Crippen molar-refractivity contribution in [3.05, 3.63) is 40.8 Å². The van der Waals surface area contributed by atoms with E-state index < -0.39 is 0 Å². The van der Waals surface area contributed by atoms with E-state index in [2.05, 4.69) is 5.32 Å². The number of benzene rings is 1. The number of nitrogens with one attached hydrogen (secondary N) is 1. The molecule has 0 saturated heterocycles. The minimum absolute atomic E-state index is 0.151. The summed E-state index contributed by atoms with van der Waals surface area (Å²) in [6.07, 6.45) is 3.81. The van der Waals surface area contributed by atoms with Crippen molar-refractivity contribution in [1.82, 2.24) is 5.32 Å². The predicted octanol–water partition coefficient (Wildman–Crippen LogP) is 3.36. The molecule has 0 aliphatic rings. The Labute approximate surface area is 92.3 Å². The van der Waals surface area contributed by atoms with Gasteiger partial charge in [-0.05, 0) is 24.0 Å². The molecule has 0 aliphatic carbocycles. The Balaban J connectivity index is 3.06. The van der Waals surface area contributed by atoms with E-state index in [0.717, 1.165) is 10.5 Å². The van der Waals surface area contributed by atoms with Gasteiger partial charge in [-0.1, -0.05) is 17.7 Å². The summed E-state index contributed by atoms with van der Waals surface area (Å²) >= 11 is 7.26. The van der Waals surface area contributed by atoms with Crippen LogP contribution in [-0.4, -0.2) is 13.3 Å². The number of rotatable bonds is 3. The molecule has 0 spiro atoms. The lowest BCUT2D eigenvalue weighted by molar-refractivity contribution is 0.628. The third-order valence-electron chi connectivity index (χ3n) is 1.70. The van der Waals surface area contributed by atoms with Gasteiger partial charge in [-0.2, -0.15) is 0 Å². The SMILES string of the molecule is CN/C=C(\SC)c1ccc(F)c(Cl)c1. The first-order chi connectivity index (χ1) is 6.69.